The third-order valence-corrected chi connectivity index (χ3v) is 7.10. The van der Waals surface area contributed by atoms with E-state index in [1.54, 1.807) is 4.90 Å². The molecule has 170 valence electrons. The van der Waals surface area contributed by atoms with E-state index in [-0.39, 0.29) is 23.0 Å². The molecule has 32 heavy (non-hydrogen) atoms. The minimum Gasteiger partial charge on any atom is -0.452 e. The van der Waals surface area contributed by atoms with Gasteiger partial charge in [0, 0.05) is 19.6 Å². The molecule has 0 saturated carbocycles. The average Bonchev–Trinajstić information content (AvgIpc) is 2.80. The molecule has 0 aliphatic carbocycles. The molecule has 7 nitrogen and oxygen atoms in total. The molecule has 3 rings (SSSR count). The van der Waals surface area contributed by atoms with Crippen LogP contribution in [0.5, 0.6) is 0 Å². The van der Waals surface area contributed by atoms with E-state index in [9.17, 15) is 18.0 Å². The second-order valence-electron chi connectivity index (χ2n) is 7.77. The Morgan fingerprint density at radius 3 is 2.47 bits per heavy atom. The second kappa shape index (κ2) is 9.99. The van der Waals surface area contributed by atoms with Crippen molar-refractivity contribution in [3.05, 3.63) is 71.8 Å². The number of para-hydroxylation sites is 1. The van der Waals surface area contributed by atoms with E-state index in [0.29, 0.717) is 25.3 Å². The SMILES string of the molecule is C=C(C)CN(CC)C(=O)COC(=O)c1ccc(S(=O)(=O)N2CCCc3ccccc32)cc1. The van der Waals surface area contributed by atoms with Gasteiger partial charge in [0.15, 0.2) is 6.61 Å². The van der Waals surface area contributed by atoms with Gasteiger partial charge in [-0.1, -0.05) is 30.4 Å². The number of carbonyl (C=O) groups is 2. The topological polar surface area (TPSA) is 84.0 Å². The first-order chi connectivity index (χ1) is 15.2. The molecule has 1 aliphatic rings. The summed E-state index contributed by atoms with van der Waals surface area (Å²) in [5, 5.41) is 0. The molecule has 0 fully saturated rings. The molecule has 1 amide bonds. The number of amides is 1. The lowest BCUT2D eigenvalue weighted by molar-refractivity contribution is -0.133. The van der Waals surface area contributed by atoms with Crippen LogP contribution in [0.3, 0.4) is 0 Å². The summed E-state index contributed by atoms with van der Waals surface area (Å²) in [6.07, 6.45) is 1.59. The highest BCUT2D eigenvalue weighted by Gasteiger charge is 2.29. The van der Waals surface area contributed by atoms with Gasteiger partial charge < -0.3 is 9.64 Å². The second-order valence-corrected chi connectivity index (χ2v) is 9.64. The van der Waals surface area contributed by atoms with Crippen LogP contribution in [0, 0.1) is 0 Å². The molecular weight excluding hydrogens is 428 g/mol. The first kappa shape index (κ1) is 23.5. The molecule has 2 aromatic rings. The number of anilines is 1. The molecule has 0 unspecified atom stereocenters. The van der Waals surface area contributed by atoms with Gasteiger partial charge in [0.2, 0.25) is 0 Å². The number of benzene rings is 2. The molecule has 0 saturated heterocycles. The van der Waals surface area contributed by atoms with Crippen LogP contribution in [0.25, 0.3) is 0 Å². The number of sulfonamides is 1. The molecule has 2 aromatic carbocycles. The van der Waals surface area contributed by atoms with Crippen LogP contribution in [0.4, 0.5) is 5.69 Å². The maximum atomic E-state index is 13.2. The van der Waals surface area contributed by atoms with Crippen LogP contribution < -0.4 is 4.31 Å². The Hall–Kier alpha value is -3.13. The van der Waals surface area contributed by atoms with Crippen molar-refractivity contribution in [1.82, 2.24) is 4.90 Å². The minimum atomic E-state index is -3.76. The zero-order chi connectivity index (χ0) is 23.3. The molecule has 1 heterocycles. The molecule has 1 aliphatic heterocycles. The third-order valence-electron chi connectivity index (χ3n) is 5.27. The van der Waals surface area contributed by atoms with E-state index in [2.05, 4.69) is 6.58 Å². The fraction of sp³-hybridized carbons (Fsp3) is 0.333. The van der Waals surface area contributed by atoms with Crippen molar-refractivity contribution < 1.29 is 22.7 Å². The molecule has 0 N–H and O–H groups in total. The van der Waals surface area contributed by atoms with Gasteiger partial charge >= 0.3 is 5.97 Å². The number of ether oxygens (including phenoxy) is 1. The largest absolute Gasteiger partial charge is 0.452 e. The normalized spacial score (nSPS) is 13.2. The summed E-state index contributed by atoms with van der Waals surface area (Å²) in [6, 6.07) is 13.1. The van der Waals surface area contributed by atoms with E-state index in [4.69, 9.17) is 4.74 Å². The number of carbonyl (C=O) groups excluding carboxylic acids is 2. The number of esters is 1. The molecule has 0 bridgehead atoms. The Morgan fingerprint density at radius 2 is 1.81 bits per heavy atom. The Kier molecular flexibility index (Phi) is 7.35. The van der Waals surface area contributed by atoms with Crippen molar-refractivity contribution in [1.29, 1.82) is 0 Å². The van der Waals surface area contributed by atoms with Gasteiger partial charge in [-0.2, -0.15) is 0 Å². The van der Waals surface area contributed by atoms with Crippen LogP contribution in [-0.4, -0.2) is 51.4 Å². The Labute approximate surface area is 189 Å². The van der Waals surface area contributed by atoms with Crippen molar-refractivity contribution in [2.75, 3.05) is 30.5 Å². The summed E-state index contributed by atoms with van der Waals surface area (Å²) in [6.45, 7) is 8.35. The lowest BCUT2D eigenvalue weighted by Gasteiger charge is -2.30. The standard InChI is InChI=1S/C24H28N2O5S/c1-4-25(16-18(2)3)23(27)17-31-24(28)20-11-13-21(14-12-20)32(29,30)26-15-7-9-19-8-5-6-10-22(19)26/h5-6,8,10-14H,2,4,7,9,15-17H2,1,3H3. The Morgan fingerprint density at radius 1 is 1.12 bits per heavy atom. The number of nitrogens with zero attached hydrogens (tertiary/aromatic N) is 2. The van der Waals surface area contributed by atoms with Gasteiger partial charge in [-0.3, -0.25) is 9.10 Å². The number of hydrogen-bond acceptors (Lipinski definition) is 5. The fourth-order valence-electron chi connectivity index (χ4n) is 3.64. The van der Waals surface area contributed by atoms with Crippen LogP contribution >= 0.6 is 0 Å². The highest BCUT2D eigenvalue weighted by molar-refractivity contribution is 7.92. The van der Waals surface area contributed by atoms with E-state index >= 15 is 0 Å². The van der Waals surface area contributed by atoms with Gasteiger partial charge in [-0.05, 0) is 62.6 Å². The molecule has 0 radical (unpaired) electrons. The van der Waals surface area contributed by atoms with Crippen molar-refractivity contribution >= 4 is 27.6 Å². The van der Waals surface area contributed by atoms with E-state index in [1.807, 2.05) is 38.1 Å². The van der Waals surface area contributed by atoms with E-state index in [0.717, 1.165) is 24.0 Å². The van der Waals surface area contributed by atoms with Gasteiger partial charge in [-0.15, -0.1) is 0 Å². The van der Waals surface area contributed by atoms with E-state index < -0.39 is 16.0 Å². The summed E-state index contributed by atoms with van der Waals surface area (Å²) >= 11 is 0. The van der Waals surface area contributed by atoms with E-state index in [1.165, 1.54) is 28.6 Å². The molecule has 8 heteroatoms. The highest BCUT2D eigenvalue weighted by Crippen LogP contribution is 2.31. The van der Waals surface area contributed by atoms with Crippen LogP contribution in [0.2, 0.25) is 0 Å². The van der Waals surface area contributed by atoms with Crippen LogP contribution in [0.1, 0.15) is 36.2 Å². The Bertz CT molecular complexity index is 1110. The van der Waals surface area contributed by atoms with Crippen molar-refractivity contribution in [2.45, 2.75) is 31.6 Å². The molecule has 0 atom stereocenters. The van der Waals surface area contributed by atoms with Crippen molar-refractivity contribution in [3.8, 4) is 0 Å². The number of hydrogen-bond donors (Lipinski definition) is 0. The number of fused-ring (bicyclic) bond motifs is 1. The smallest absolute Gasteiger partial charge is 0.338 e. The maximum absolute atomic E-state index is 13.2. The lowest BCUT2D eigenvalue weighted by Crippen LogP contribution is -2.35. The number of likely N-dealkylation sites (N-methyl/N-ethyl adjacent to an activating group) is 1. The molecular formula is C24H28N2O5S. The van der Waals surface area contributed by atoms with Gasteiger partial charge in [0.25, 0.3) is 15.9 Å². The Balaban J connectivity index is 1.69. The van der Waals surface area contributed by atoms with Crippen LogP contribution in [0.15, 0.2) is 65.6 Å². The quantitative estimate of drug-likeness (QED) is 0.449. The fourth-order valence-corrected chi connectivity index (χ4v) is 5.18. The first-order valence-electron chi connectivity index (χ1n) is 10.5. The number of aryl methyl sites for hydroxylation is 1. The third kappa shape index (κ3) is 5.19. The van der Waals surface area contributed by atoms with Gasteiger partial charge in [0.1, 0.15) is 0 Å². The van der Waals surface area contributed by atoms with Gasteiger partial charge in [0.05, 0.1) is 16.1 Å². The summed E-state index contributed by atoms with van der Waals surface area (Å²) in [7, 11) is -3.76. The molecule has 0 spiro atoms. The zero-order valence-electron chi connectivity index (χ0n) is 18.4. The van der Waals surface area contributed by atoms with Crippen molar-refractivity contribution in [3.63, 3.8) is 0 Å². The van der Waals surface area contributed by atoms with Crippen molar-refractivity contribution in [2.24, 2.45) is 0 Å². The first-order valence-corrected chi connectivity index (χ1v) is 12.0. The summed E-state index contributed by atoms with van der Waals surface area (Å²) < 4.78 is 32.9. The average molecular weight is 457 g/mol. The van der Waals surface area contributed by atoms with Gasteiger partial charge in [-0.25, -0.2) is 13.2 Å². The zero-order valence-corrected chi connectivity index (χ0v) is 19.2. The minimum absolute atomic E-state index is 0.0976. The predicted octanol–water partition coefficient (Wildman–Crippen LogP) is 3.41. The summed E-state index contributed by atoms with van der Waals surface area (Å²) in [5.41, 5.74) is 2.70. The summed E-state index contributed by atoms with van der Waals surface area (Å²) in [4.78, 5) is 26.2. The number of rotatable bonds is 8. The summed E-state index contributed by atoms with van der Waals surface area (Å²) in [5.74, 6) is -0.996. The highest BCUT2D eigenvalue weighted by atomic mass is 32.2. The van der Waals surface area contributed by atoms with Crippen LogP contribution in [-0.2, 0) is 26.0 Å². The molecule has 0 aromatic heterocycles. The predicted molar refractivity (Wildman–Crippen MR) is 123 cm³/mol. The maximum Gasteiger partial charge on any atom is 0.338 e. The monoisotopic (exact) mass is 456 g/mol. The lowest BCUT2D eigenvalue weighted by atomic mass is 10.0.